The van der Waals surface area contributed by atoms with Crippen molar-refractivity contribution in [2.45, 2.75) is 38.7 Å². The largest absolute Gasteiger partial charge is 0.445 e. The highest BCUT2D eigenvalue weighted by Gasteiger charge is 2.32. The van der Waals surface area contributed by atoms with E-state index in [1.165, 1.54) is 12.8 Å². The monoisotopic (exact) mass is 273 g/mol. The number of hydrogen-bond acceptors (Lipinski definition) is 2. The number of alkyl carbamates (subject to hydrolysis) is 1. The molecule has 0 saturated heterocycles. The number of benzene rings is 1. The molecule has 0 aliphatic heterocycles. The minimum Gasteiger partial charge on any atom is -0.445 e. The first-order valence-corrected chi connectivity index (χ1v) is 7.30. The van der Waals surface area contributed by atoms with Crippen LogP contribution >= 0.6 is 0 Å². The van der Waals surface area contributed by atoms with Crippen LogP contribution in [0.15, 0.2) is 43.0 Å². The molecule has 1 aliphatic rings. The van der Waals surface area contributed by atoms with Crippen molar-refractivity contribution in [1.29, 1.82) is 0 Å². The van der Waals surface area contributed by atoms with Crippen molar-refractivity contribution in [2.24, 2.45) is 5.41 Å². The fourth-order valence-electron chi connectivity index (χ4n) is 2.92. The van der Waals surface area contributed by atoms with Crippen molar-refractivity contribution >= 4 is 6.09 Å². The lowest BCUT2D eigenvalue weighted by molar-refractivity contribution is 0.133. The first-order valence-electron chi connectivity index (χ1n) is 7.30. The molecule has 0 atom stereocenters. The third kappa shape index (κ3) is 4.12. The molecule has 2 rings (SSSR count). The molecular formula is C17H23NO2. The van der Waals surface area contributed by atoms with Gasteiger partial charge in [-0.1, -0.05) is 49.2 Å². The van der Waals surface area contributed by atoms with Gasteiger partial charge in [0, 0.05) is 6.54 Å². The normalized spacial score (nSPS) is 16.6. The van der Waals surface area contributed by atoms with Crippen LogP contribution in [0.25, 0.3) is 0 Å². The molecule has 1 amide bonds. The van der Waals surface area contributed by atoms with E-state index in [-0.39, 0.29) is 11.5 Å². The topological polar surface area (TPSA) is 38.3 Å². The highest BCUT2D eigenvalue weighted by molar-refractivity contribution is 5.67. The maximum absolute atomic E-state index is 11.8. The summed E-state index contributed by atoms with van der Waals surface area (Å²) in [4.78, 5) is 11.8. The molecule has 0 unspecified atom stereocenters. The van der Waals surface area contributed by atoms with Crippen molar-refractivity contribution in [3.05, 3.63) is 48.6 Å². The number of carbonyl (C=O) groups is 1. The van der Waals surface area contributed by atoms with E-state index < -0.39 is 0 Å². The Morgan fingerprint density at radius 1 is 1.30 bits per heavy atom. The number of hydrogen-bond donors (Lipinski definition) is 1. The van der Waals surface area contributed by atoms with Crippen LogP contribution in [0.1, 0.15) is 37.7 Å². The molecule has 1 fully saturated rings. The van der Waals surface area contributed by atoms with Gasteiger partial charge in [0.15, 0.2) is 0 Å². The van der Waals surface area contributed by atoms with Gasteiger partial charge in [0.25, 0.3) is 0 Å². The molecule has 1 saturated carbocycles. The van der Waals surface area contributed by atoms with Gasteiger partial charge < -0.3 is 10.1 Å². The average Bonchev–Trinajstić information content (AvgIpc) is 2.93. The maximum Gasteiger partial charge on any atom is 0.407 e. The van der Waals surface area contributed by atoms with Crippen LogP contribution in [0.3, 0.4) is 0 Å². The van der Waals surface area contributed by atoms with Gasteiger partial charge in [-0.3, -0.25) is 0 Å². The molecule has 20 heavy (non-hydrogen) atoms. The molecule has 3 heteroatoms. The third-order valence-electron chi connectivity index (χ3n) is 4.06. The van der Waals surface area contributed by atoms with E-state index in [1.54, 1.807) is 0 Å². The highest BCUT2D eigenvalue weighted by atomic mass is 16.5. The van der Waals surface area contributed by atoms with Gasteiger partial charge >= 0.3 is 6.09 Å². The molecule has 0 radical (unpaired) electrons. The number of rotatable bonds is 6. The highest BCUT2D eigenvalue weighted by Crippen LogP contribution is 2.40. The fourth-order valence-corrected chi connectivity index (χ4v) is 2.92. The Morgan fingerprint density at radius 2 is 2.00 bits per heavy atom. The minimum atomic E-state index is -0.329. The molecule has 1 aromatic carbocycles. The predicted octanol–water partition coefficient (Wildman–Crippen LogP) is 4.05. The Morgan fingerprint density at radius 3 is 2.65 bits per heavy atom. The molecule has 0 spiro atoms. The van der Waals surface area contributed by atoms with Crippen molar-refractivity contribution in [3.63, 3.8) is 0 Å². The summed E-state index contributed by atoms with van der Waals surface area (Å²) in [7, 11) is 0. The van der Waals surface area contributed by atoms with Gasteiger partial charge in [-0.25, -0.2) is 4.79 Å². The molecule has 3 nitrogen and oxygen atoms in total. The van der Waals surface area contributed by atoms with E-state index in [4.69, 9.17) is 4.74 Å². The zero-order chi connectivity index (χ0) is 14.3. The van der Waals surface area contributed by atoms with Crippen molar-refractivity contribution in [1.82, 2.24) is 5.32 Å². The summed E-state index contributed by atoms with van der Waals surface area (Å²) in [6.07, 6.45) is 7.41. The lowest BCUT2D eigenvalue weighted by atomic mass is 9.83. The summed E-state index contributed by atoms with van der Waals surface area (Å²) in [5.41, 5.74) is 1.21. The average molecular weight is 273 g/mol. The van der Waals surface area contributed by atoms with Gasteiger partial charge in [0.1, 0.15) is 6.61 Å². The summed E-state index contributed by atoms with van der Waals surface area (Å²) < 4.78 is 5.24. The van der Waals surface area contributed by atoms with E-state index in [0.717, 1.165) is 24.8 Å². The molecule has 1 aromatic rings. The van der Waals surface area contributed by atoms with E-state index in [0.29, 0.717) is 13.2 Å². The standard InChI is InChI=1S/C17H23NO2/c1-2-10-17(11-6-7-12-17)14-18-16(19)20-13-15-8-4-3-5-9-15/h2-5,8-9H,1,6-7,10-14H2,(H,18,19). The number of allylic oxidation sites excluding steroid dienone is 1. The van der Waals surface area contributed by atoms with Crippen LogP contribution < -0.4 is 5.32 Å². The third-order valence-corrected chi connectivity index (χ3v) is 4.06. The second-order valence-electron chi connectivity index (χ2n) is 5.62. The summed E-state index contributed by atoms with van der Waals surface area (Å²) in [6.45, 7) is 4.84. The zero-order valence-corrected chi connectivity index (χ0v) is 11.9. The SMILES string of the molecule is C=CCC1(CNC(=O)OCc2ccccc2)CCCC1. The summed E-state index contributed by atoms with van der Waals surface area (Å²) >= 11 is 0. The first kappa shape index (κ1) is 14.6. The minimum absolute atomic E-state index is 0.202. The maximum atomic E-state index is 11.8. The number of ether oxygens (including phenoxy) is 1. The Hall–Kier alpha value is -1.77. The Labute approximate surface area is 121 Å². The van der Waals surface area contributed by atoms with E-state index >= 15 is 0 Å². The van der Waals surface area contributed by atoms with Gasteiger partial charge in [-0.05, 0) is 30.2 Å². The van der Waals surface area contributed by atoms with Crippen molar-refractivity contribution < 1.29 is 9.53 Å². The van der Waals surface area contributed by atoms with Gasteiger partial charge in [0.05, 0.1) is 0 Å². The van der Waals surface area contributed by atoms with Crippen LogP contribution in [-0.2, 0) is 11.3 Å². The van der Waals surface area contributed by atoms with Crippen LogP contribution in [0.2, 0.25) is 0 Å². The second kappa shape index (κ2) is 7.13. The van der Waals surface area contributed by atoms with E-state index in [2.05, 4.69) is 11.9 Å². The van der Waals surface area contributed by atoms with Gasteiger partial charge in [-0.2, -0.15) is 0 Å². The molecule has 0 heterocycles. The summed E-state index contributed by atoms with van der Waals surface area (Å²) in [5.74, 6) is 0. The van der Waals surface area contributed by atoms with Crippen molar-refractivity contribution in [3.8, 4) is 0 Å². The summed E-state index contributed by atoms with van der Waals surface area (Å²) in [6, 6.07) is 9.72. The Balaban J connectivity index is 1.75. The number of amides is 1. The number of nitrogens with one attached hydrogen (secondary N) is 1. The van der Waals surface area contributed by atoms with Crippen molar-refractivity contribution in [2.75, 3.05) is 6.54 Å². The first-order chi connectivity index (χ1) is 9.74. The Bertz CT molecular complexity index is 436. The molecule has 1 aliphatic carbocycles. The zero-order valence-electron chi connectivity index (χ0n) is 11.9. The molecule has 0 bridgehead atoms. The smallest absolute Gasteiger partial charge is 0.407 e. The van der Waals surface area contributed by atoms with E-state index in [9.17, 15) is 4.79 Å². The molecule has 0 aromatic heterocycles. The van der Waals surface area contributed by atoms with Crippen LogP contribution in [0, 0.1) is 5.41 Å². The fraction of sp³-hybridized carbons (Fsp3) is 0.471. The lowest BCUT2D eigenvalue weighted by Gasteiger charge is -2.27. The predicted molar refractivity (Wildman–Crippen MR) is 80.3 cm³/mol. The molecular weight excluding hydrogens is 250 g/mol. The lowest BCUT2D eigenvalue weighted by Crippen LogP contribution is -2.36. The van der Waals surface area contributed by atoms with Gasteiger partial charge in [0.2, 0.25) is 0 Å². The summed E-state index contributed by atoms with van der Waals surface area (Å²) in [5, 5.41) is 2.91. The van der Waals surface area contributed by atoms with Crippen LogP contribution in [0.4, 0.5) is 4.79 Å². The van der Waals surface area contributed by atoms with Crippen LogP contribution in [0.5, 0.6) is 0 Å². The second-order valence-corrected chi connectivity index (χ2v) is 5.62. The van der Waals surface area contributed by atoms with E-state index in [1.807, 2.05) is 36.4 Å². The molecule has 108 valence electrons. The quantitative estimate of drug-likeness (QED) is 0.794. The van der Waals surface area contributed by atoms with Crippen LogP contribution in [-0.4, -0.2) is 12.6 Å². The number of carbonyl (C=O) groups excluding carboxylic acids is 1. The van der Waals surface area contributed by atoms with Gasteiger partial charge in [-0.15, -0.1) is 6.58 Å². The molecule has 1 N–H and O–H groups in total. The Kier molecular flexibility index (Phi) is 5.22.